The molecule has 2 aliphatic rings. The minimum Gasteiger partial charge on any atom is -0.384 e. The second kappa shape index (κ2) is 7.46. The van der Waals surface area contributed by atoms with Crippen molar-refractivity contribution in [1.82, 2.24) is 4.90 Å². The van der Waals surface area contributed by atoms with E-state index >= 15 is 0 Å². The van der Waals surface area contributed by atoms with Gasteiger partial charge in [-0.3, -0.25) is 4.79 Å². The Labute approximate surface area is 122 Å². The van der Waals surface area contributed by atoms with E-state index in [0.29, 0.717) is 18.4 Å². The number of piperidine rings is 1. The summed E-state index contributed by atoms with van der Waals surface area (Å²) in [5.74, 6) is 0.940. The summed E-state index contributed by atoms with van der Waals surface area (Å²) in [5, 5.41) is 0. The Morgan fingerprint density at radius 2 is 1.89 bits per heavy atom. The second-order valence-electron chi connectivity index (χ2n) is 5.88. The van der Waals surface area contributed by atoms with E-state index in [1.807, 2.05) is 4.90 Å². The van der Waals surface area contributed by atoms with Crippen molar-refractivity contribution in [2.45, 2.75) is 38.5 Å². The van der Waals surface area contributed by atoms with Crippen LogP contribution in [0.5, 0.6) is 0 Å². The summed E-state index contributed by atoms with van der Waals surface area (Å²) in [5.41, 5.74) is 5.66. The number of likely N-dealkylation sites (tertiary alicyclic amines) is 1. The third-order valence-corrected chi connectivity index (χ3v) is 4.71. The van der Waals surface area contributed by atoms with Crippen LogP contribution < -0.4 is 5.73 Å². The van der Waals surface area contributed by atoms with Crippen LogP contribution >= 0.6 is 12.4 Å². The highest BCUT2D eigenvalue weighted by Gasteiger charge is 2.42. The maximum Gasteiger partial charge on any atom is 0.230 e. The van der Waals surface area contributed by atoms with Gasteiger partial charge in [0.25, 0.3) is 0 Å². The van der Waals surface area contributed by atoms with Gasteiger partial charge in [-0.2, -0.15) is 0 Å². The van der Waals surface area contributed by atoms with Crippen LogP contribution in [0.15, 0.2) is 0 Å². The SMILES string of the molecule is COCC1CCN(C(=O)C2(CN)CCCC2)CC1.Cl. The van der Waals surface area contributed by atoms with Crippen LogP contribution in [0.1, 0.15) is 38.5 Å². The molecule has 1 aliphatic heterocycles. The molecule has 0 bridgehead atoms. The van der Waals surface area contributed by atoms with Crippen LogP contribution in [0.2, 0.25) is 0 Å². The van der Waals surface area contributed by atoms with E-state index in [1.54, 1.807) is 7.11 Å². The molecule has 5 heteroatoms. The van der Waals surface area contributed by atoms with Gasteiger partial charge in [0.05, 0.1) is 5.41 Å². The van der Waals surface area contributed by atoms with Gasteiger partial charge in [-0.1, -0.05) is 12.8 Å². The lowest BCUT2D eigenvalue weighted by molar-refractivity contribution is -0.143. The molecule has 0 radical (unpaired) electrons. The highest BCUT2D eigenvalue weighted by molar-refractivity contribution is 5.85. The zero-order valence-corrected chi connectivity index (χ0v) is 12.7. The summed E-state index contributed by atoms with van der Waals surface area (Å²) in [6.45, 7) is 3.11. The largest absolute Gasteiger partial charge is 0.384 e. The molecule has 0 spiro atoms. The summed E-state index contributed by atoms with van der Waals surface area (Å²) >= 11 is 0. The molecular formula is C14H27ClN2O2. The standard InChI is InChI=1S/C14H26N2O2.ClH/c1-18-10-12-4-8-16(9-5-12)13(17)14(11-15)6-2-3-7-14;/h12H,2-11,15H2,1H3;1H. The van der Waals surface area contributed by atoms with Crippen LogP contribution in [0.3, 0.4) is 0 Å². The fourth-order valence-electron chi connectivity index (χ4n) is 3.43. The van der Waals surface area contributed by atoms with Crippen LogP contribution in [-0.2, 0) is 9.53 Å². The van der Waals surface area contributed by atoms with Gasteiger partial charge in [0, 0.05) is 33.4 Å². The van der Waals surface area contributed by atoms with Gasteiger partial charge < -0.3 is 15.4 Å². The van der Waals surface area contributed by atoms with Crippen LogP contribution in [0.4, 0.5) is 0 Å². The van der Waals surface area contributed by atoms with E-state index in [4.69, 9.17) is 10.5 Å². The number of methoxy groups -OCH3 is 1. The van der Waals surface area contributed by atoms with Crippen molar-refractivity contribution in [1.29, 1.82) is 0 Å². The molecule has 2 rings (SSSR count). The number of nitrogens with zero attached hydrogens (tertiary/aromatic N) is 1. The quantitative estimate of drug-likeness (QED) is 0.859. The molecule has 1 heterocycles. The molecule has 0 atom stereocenters. The van der Waals surface area contributed by atoms with Gasteiger partial charge in [-0.15, -0.1) is 12.4 Å². The maximum atomic E-state index is 12.6. The van der Waals surface area contributed by atoms with Gasteiger partial charge in [-0.05, 0) is 31.6 Å². The van der Waals surface area contributed by atoms with Gasteiger partial charge in [0.2, 0.25) is 5.91 Å². The number of ether oxygens (including phenoxy) is 1. The van der Waals surface area contributed by atoms with Gasteiger partial charge in [0.1, 0.15) is 0 Å². The maximum absolute atomic E-state index is 12.6. The van der Waals surface area contributed by atoms with Gasteiger partial charge in [0.15, 0.2) is 0 Å². The summed E-state index contributed by atoms with van der Waals surface area (Å²) in [6, 6.07) is 0. The monoisotopic (exact) mass is 290 g/mol. The third kappa shape index (κ3) is 3.61. The minimum absolute atomic E-state index is 0. The Kier molecular flexibility index (Phi) is 6.57. The van der Waals surface area contributed by atoms with E-state index < -0.39 is 0 Å². The number of hydrogen-bond donors (Lipinski definition) is 1. The lowest BCUT2D eigenvalue weighted by Gasteiger charge is -2.37. The van der Waals surface area contributed by atoms with Crippen LogP contribution in [0.25, 0.3) is 0 Å². The van der Waals surface area contributed by atoms with Crippen molar-refractivity contribution in [3.63, 3.8) is 0 Å². The fraction of sp³-hybridized carbons (Fsp3) is 0.929. The number of carbonyl (C=O) groups excluding carboxylic acids is 1. The molecular weight excluding hydrogens is 264 g/mol. The van der Waals surface area contributed by atoms with Crippen molar-refractivity contribution >= 4 is 18.3 Å². The lowest BCUT2D eigenvalue weighted by atomic mass is 9.83. The fourth-order valence-corrected chi connectivity index (χ4v) is 3.43. The summed E-state index contributed by atoms with van der Waals surface area (Å²) in [7, 11) is 1.75. The third-order valence-electron chi connectivity index (χ3n) is 4.71. The Balaban J connectivity index is 0.00000180. The number of hydrogen-bond acceptors (Lipinski definition) is 3. The molecule has 2 N–H and O–H groups in total. The minimum atomic E-state index is -0.228. The first-order chi connectivity index (χ1) is 8.72. The van der Waals surface area contributed by atoms with Gasteiger partial charge >= 0.3 is 0 Å². The number of amides is 1. The molecule has 1 saturated heterocycles. The van der Waals surface area contributed by atoms with E-state index in [-0.39, 0.29) is 17.8 Å². The lowest BCUT2D eigenvalue weighted by Crippen LogP contribution is -2.49. The Morgan fingerprint density at radius 1 is 1.32 bits per heavy atom. The molecule has 0 aromatic carbocycles. The summed E-state index contributed by atoms with van der Waals surface area (Å²) in [6.07, 6.45) is 6.42. The van der Waals surface area contributed by atoms with Crippen molar-refractivity contribution < 1.29 is 9.53 Å². The Hall–Kier alpha value is -0.320. The average molecular weight is 291 g/mol. The summed E-state index contributed by atoms with van der Waals surface area (Å²) < 4.78 is 5.19. The zero-order chi connectivity index (χ0) is 13.0. The average Bonchev–Trinajstić information content (AvgIpc) is 2.89. The van der Waals surface area contributed by atoms with Crippen molar-refractivity contribution in [3.8, 4) is 0 Å². The molecule has 4 nitrogen and oxygen atoms in total. The van der Waals surface area contributed by atoms with E-state index in [9.17, 15) is 4.79 Å². The molecule has 0 unspecified atom stereocenters. The van der Waals surface area contributed by atoms with Crippen LogP contribution in [0, 0.1) is 11.3 Å². The van der Waals surface area contributed by atoms with E-state index in [0.717, 1.165) is 58.2 Å². The number of carbonyl (C=O) groups is 1. The van der Waals surface area contributed by atoms with Crippen molar-refractivity contribution in [2.75, 3.05) is 33.4 Å². The molecule has 0 aromatic heterocycles. The molecule has 1 amide bonds. The highest BCUT2D eigenvalue weighted by Crippen LogP contribution is 2.39. The Bertz CT molecular complexity index is 285. The molecule has 1 saturated carbocycles. The van der Waals surface area contributed by atoms with E-state index in [1.165, 1.54) is 0 Å². The molecule has 2 fully saturated rings. The summed E-state index contributed by atoms with van der Waals surface area (Å²) in [4.78, 5) is 14.7. The van der Waals surface area contributed by atoms with Crippen molar-refractivity contribution in [2.24, 2.45) is 17.1 Å². The Morgan fingerprint density at radius 3 is 2.37 bits per heavy atom. The molecule has 0 aromatic rings. The first-order valence-corrected chi connectivity index (χ1v) is 7.20. The van der Waals surface area contributed by atoms with Gasteiger partial charge in [-0.25, -0.2) is 0 Å². The van der Waals surface area contributed by atoms with Crippen LogP contribution in [-0.4, -0.2) is 44.2 Å². The number of halogens is 1. The molecule has 112 valence electrons. The highest BCUT2D eigenvalue weighted by atomic mass is 35.5. The second-order valence-corrected chi connectivity index (χ2v) is 5.88. The van der Waals surface area contributed by atoms with E-state index in [2.05, 4.69) is 0 Å². The number of nitrogens with two attached hydrogens (primary N) is 1. The zero-order valence-electron chi connectivity index (χ0n) is 11.9. The topological polar surface area (TPSA) is 55.6 Å². The molecule has 1 aliphatic carbocycles. The predicted octanol–water partition coefficient (Wildman–Crippen LogP) is 1.81. The molecule has 19 heavy (non-hydrogen) atoms. The van der Waals surface area contributed by atoms with Crippen molar-refractivity contribution in [3.05, 3.63) is 0 Å². The first-order valence-electron chi connectivity index (χ1n) is 7.20. The number of rotatable bonds is 4. The normalized spacial score (nSPS) is 23.2. The smallest absolute Gasteiger partial charge is 0.230 e. The predicted molar refractivity (Wildman–Crippen MR) is 78.4 cm³/mol. The first kappa shape index (κ1) is 16.7.